The number of aliphatic hydroxyl groups is 1. The van der Waals surface area contributed by atoms with Crippen LogP contribution in [0.15, 0.2) is 28.9 Å². The van der Waals surface area contributed by atoms with E-state index in [-0.39, 0.29) is 5.91 Å². The maximum atomic E-state index is 12.4. The zero-order chi connectivity index (χ0) is 14.9. The monoisotopic (exact) mass is 289 g/mol. The van der Waals surface area contributed by atoms with Gasteiger partial charge in [0.1, 0.15) is 5.69 Å². The van der Waals surface area contributed by atoms with Crippen molar-refractivity contribution in [3.63, 3.8) is 0 Å². The molecule has 1 amide bonds. The molecule has 3 rings (SSSR count). The number of carbonyl (C=O) groups is 1. The van der Waals surface area contributed by atoms with Crippen LogP contribution in [0.4, 0.5) is 0 Å². The number of aromatic amines is 1. The maximum absolute atomic E-state index is 12.4. The van der Waals surface area contributed by atoms with Crippen LogP contribution in [0.2, 0.25) is 0 Å². The lowest BCUT2D eigenvalue weighted by Gasteiger charge is -2.28. The number of nitrogens with zero attached hydrogens (tertiary/aromatic N) is 2. The van der Waals surface area contributed by atoms with Crippen LogP contribution in [-0.2, 0) is 0 Å². The molecule has 1 aliphatic rings. The molecule has 0 radical (unpaired) electrons. The van der Waals surface area contributed by atoms with Crippen LogP contribution in [0.25, 0.3) is 11.5 Å². The summed E-state index contributed by atoms with van der Waals surface area (Å²) in [4.78, 5) is 13.9. The van der Waals surface area contributed by atoms with Crippen LogP contribution in [0.3, 0.4) is 0 Å². The first-order chi connectivity index (χ1) is 10.1. The molecule has 0 saturated heterocycles. The number of amides is 1. The number of H-pyrrole nitrogens is 1. The number of rotatable bonds is 4. The minimum absolute atomic E-state index is 0.204. The fraction of sp³-hybridized carbons (Fsp3) is 0.467. The Morgan fingerprint density at radius 2 is 2.29 bits per heavy atom. The molecule has 0 unspecified atom stereocenters. The molecule has 21 heavy (non-hydrogen) atoms. The SMILES string of the molecule is CN(CC1(O)CCCC1)C(=O)c1cc(-c2ccco2)[nH]n1. The molecular formula is C15H19N3O3. The fourth-order valence-electron chi connectivity index (χ4n) is 2.89. The Hall–Kier alpha value is -2.08. The topological polar surface area (TPSA) is 82.4 Å². The molecule has 2 aromatic rings. The summed E-state index contributed by atoms with van der Waals surface area (Å²) in [6, 6.07) is 5.24. The second-order valence-electron chi connectivity index (χ2n) is 5.74. The van der Waals surface area contributed by atoms with Crippen molar-refractivity contribution in [2.75, 3.05) is 13.6 Å². The van der Waals surface area contributed by atoms with Crippen LogP contribution in [0.5, 0.6) is 0 Å². The number of hydrogen-bond acceptors (Lipinski definition) is 4. The first kappa shape index (κ1) is 13.9. The Kier molecular flexibility index (Phi) is 3.55. The Bertz CT molecular complexity index is 612. The fourth-order valence-corrected chi connectivity index (χ4v) is 2.89. The van der Waals surface area contributed by atoms with Gasteiger partial charge in [0, 0.05) is 19.7 Å². The van der Waals surface area contributed by atoms with Gasteiger partial charge >= 0.3 is 0 Å². The lowest BCUT2D eigenvalue weighted by atomic mass is 10.0. The number of nitrogens with one attached hydrogen (secondary N) is 1. The number of carbonyl (C=O) groups excluding carboxylic acids is 1. The molecule has 0 spiro atoms. The van der Waals surface area contributed by atoms with Crippen molar-refractivity contribution in [3.05, 3.63) is 30.2 Å². The Labute approximate surface area is 122 Å². The van der Waals surface area contributed by atoms with Gasteiger partial charge in [-0.1, -0.05) is 12.8 Å². The van der Waals surface area contributed by atoms with Crippen LogP contribution in [0, 0.1) is 0 Å². The van der Waals surface area contributed by atoms with Gasteiger partial charge in [-0.05, 0) is 25.0 Å². The van der Waals surface area contributed by atoms with E-state index in [1.54, 1.807) is 31.5 Å². The van der Waals surface area contributed by atoms with E-state index in [1.165, 1.54) is 4.90 Å². The quantitative estimate of drug-likeness (QED) is 0.902. The highest BCUT2D eigenvalue weighted by Crippen LogP contribution is 2.30. The molecule has 1 fully saturated rings. The van der Waals surface area contributed by atoms with Crippen LogP contribution in [-0.4, -0.2) is 45.3 Å². The minimum atomic E-state index is -0.745. The molecule has 2 N–H and O–H groups in total. The van der Waals surface area contributed by atoms with Gasteiger partial charge in [-0.3, -0.25) is 9.89 Å². The third kappa shape index (κ3) is 2.85. The largest absolute Gasteiger partial charge is 0.463 e. The van der Waals surface area contributed by atoms with Crippen molar-refractivity contribution in [3.8, 4) is 11.5 Å². The lowest BCUT2D eigenvalue weighted by Crippen LogP contribution is -2.42. The van der Waals surface area contributed by atoms with E-state index in [0.29, 0.717) is 23.7 Å². The summed E-state index contributed by atoms with van der Waals surface area (Å²) in [5.41, 5.74) is 0.242. The summed E-state index contributed by atoms with van der Waals surface area (Å²) in [5.74, 6) is 0.433. The molecule has 0 atom stereocenters. The summed E-state index contributed by atoms with van der Waals surface area (Å²) in [6.45, 7) is 0.342. The predicted molar refractivity (Wildman–Crippen MR) is 76.7 cm³/mol. The second kappa shape index (κ2) is 5.37. The van der Waals surface area contributed by atoms with Crippen molar-refractivity contribution >= 4 is 5.91 Å². The van der Waals surface area contributed by atoms with Crippen molar-refractivity contribution in [1.82, 2.24) is 15.1 Å². The molecule has 1 aliphatic carbocycles. The van der Waals surface area contributed by atoms with Gasteiger partial charge in [-0.25, -0.2) is 0 Å². The third-order valence-electron chi connectivity index (χ3n) is 4.00. The smallest absolute Gasteiger partial charge is 0.274 e. The van der Waals surface area contributed by atoms with Crippen molar-refractivity contribution in [2.24, 2.45) is 0 Å². The molecule has 6 nitrogen and oxygen atoms in total. The average Bonchev–Trinajstić information content (AvgIpc) is 3.18. The summed E-state index contributed by atoms with van der Waals surface area (Å²) in [7, 11) is 1.69. The Balaban J connectivity index is 1.70. The first-order valence-electron chi connectivity index (χ1n) is 7.15. The highest BCUT2D eigenvalue weighted by atomic mass is 16.3. The zero-order valence-electron chi connectivity index (χ0n) is 12.0. The van der Waals surface area contributed by atoms with E-state index in [9.17, 15) is 9.90 Å². The molecule has 0 aliphatic heterocycles. The standard InChI is InChI=1S/C15H19N3O3/c1-18(10-15(20)6-2-3-7-15)14(19)12-9-11(16-17-12)13-5-4-8-21-13/h4-5,8-9,20H,2-3,6-7,10H2,1H3,(H,16,17). The van der Waals surface area contributed by atoms with Gasteiger partial charge in [-0.15, -0.1) is 0 Å². The van der Waals surface area contributed by atoms with E-state index in [0.717, 1.165) is 25.7 Å². The van der Waals surface area contributed by atoms with Crippen molar-refractivity contribution < 1.29 is 14.3 Å². The highest BCUT2D eigenvalue weighted by Gasteiger charge is 2.34. The highest BCUT2D eigenvalue weighted by molar-refractivity contribution is 5.93. The predicted octanol–water partition coefficient (Wildman–Crippen LogP) is 2.05. The van der Waals surface area contributed by atoms with Crippen LogP contribution < -0.4 is 0 Å². The number of likely N-dealkylation sites (N-methyl/N-ethyl adjacent to an activating group) is 1. The van der Waals surface area contributed by atoms with Crippen LogP contribution >= 0.6 is 0 Å². The summed E-state index contributed by atoms with van der Waals surface area (Å²) in [5, 5.41) is 17.2. The van der Waals surface area contributed by atoms with Crippen LogP contribution in [0.1, 0.15) is 36.2 Å². The number of hydrogen-bond donors (Lipinski definition) is 2. The van der Waals surface area contributed by atoms with E-state index in [4.69, 9.17) is 4.42 Å². The molecule has 1 saturated carbocycles. The van der Waals surface area contributed by atoms with Gasteiger partial charge in [0.2, 0.25) is 0 Å². The van der Waals surface area contributed by atoms with Crippen molar-refractivity contribution in [2.45, 2.75) is 31.3 Å². The lowest BCUT2D eigenvalue weighted by molar-refractivity contribution is 0.0155. The summed E-state index contributed by atoms with van der Waals surface area (Å²) >= 11 is 0. The van der Waals surface area contributed by atoms with Gasteiger partial charge in [0.15, 0.2) is 11.5 Å². The second-order valence-corrected chi connectivity index (χ2v) is 5.74. The molecule has 0 aromatic carbocycles. The van der Waals surface area contributed by atoms with E-state index in [2.05, 4.69) is 10.2 Å². The van der Waals surface area contributed by atoms with Gasteiger partial charge in [-0.2, -0.15) is 5.10 Å². The molecule has 0 bridgehead atoms. The van der Waals surface area contributed by atoms with Gasteiger partial charge in [0.05, 0.1) is 11.9 Å². The third-order valence-corrected chi connectivity index (χ3v) is 4.00. The van der Waals surface area contributed by atoms with E-state index in [1.807, 2.05) is 0 Å². The van der Waals surface area contributed by atoms with E-state index < -0.39 is 5.60 Å². The molecule has 2 heterocycles. The van der Waals surface area contributed by atoms with Gasteiger partial charge < -0.3 is 14.4 Å². The normalized spacial score (nSPS) is 17.0. The van der Waals surface area contributed by atoms with Gasteiger partial charge in [0.25, 0.3) is 5.91 Å². The number of aromatic nitrogens is 2. The maximum Gasteiger partial charge on any atom is 0.274 e. The minimum Gasteiger partial charge on any atom is -0.463 e. The zero-order valence-corrected chi connectivity index (χ0v) is 12.0. The average molecular weight is 289 g/mol. The molecule has 2 aromatic heterocycles. The summed E-state index contributed by atoms with van der Waals surface area (Å²) < 4.78 is 5.26. The number of furan rings is 1. The first-order valence-corrected chi connectivity index (χ1v) is 7.15. The molecule has 6 heteroatoms. The Morgan fingerprint density at radius 3 is 2.95 bits per heavy atom. The molecule has 112 valence electrons. The summed E-state index contributed by atoms with van der Waals surface area (Å²) in [6.07, 6.45) is 5.11. The van der Waals surface area contributed by atoms with Crippen molar-refractivity contribution in [1.29, 1.82) is 0 Å². The molecular weight excluding hydrogens is 270 g/mol. The van der Waals surface area contributed by atoms with E-state index >= 15 is 0 Å². The Morgan fingerprint density at radius 1 is 1.52 bits per heavy atom.